The first-order chi connectivity index (χ1) is 13.5. The van der Waals surface area contributed by atoms with Gasteiger partial charge < -0.3 is 21.3 Å². The molecule has 0 radical (unpaired) electrons. The molecule has 0 saturated heterocycles. The number of amides is 4. The second-order valence-electron chi connectivity index (χ2n) is 6.47. The lowest BCUT2D eigenvalue weighted by Crippen LogP contribution is -2.25. The molecule has 0 aromatic heterocycles. The number of hydrogen-bond donors (Lipinski definition) is 4. The molecule has 0 atom stereocenters. The molecule has 7 heteroatoms. The number of anilines is 2. The molecule has 1 fully saturated rings. The first-order valence-electron chi connectivity index (χ1n) is 9.02. The number of nitrogens with one attached hydrogen (secondary N) is 4. The van der Waals surface area contributed by atoms with Crippen LogP contribution >= 0.6 is 0 Å². The Balaban J connectivity index is 1.51. The Bertz CT molecular complexity index is 885. The summed E-state index contributed by atoms with van der Waals surface area (Å²) in [6.45, 7) is 0. The van der Waals surface area contributed by atoms with Crippen molar-refractivity contribution in [2.24, 2.45) is 0 Å². The van der Waals surface area contributed by atoms with Gasteiger partial charge in [-0.15, -0.1) is 0 Å². The van der Waals surface area contributed by atoms with Crippen molar-refractivity contribution >= 4 is 35.3 Å². The summed E-state index contributed by atoms with van der Waals surface area (Å²) in [5.74, 6) is -0.340. The van der Waals surface area contributed by atoms with Crippen molar-refractivity contribution in [3.8, 4) is 0 Å². The summed E-state index contributed by atoms with van der Waals surface area (Å²) in [4.78, 5) is 35.3. The molecule has 2 aromatic carbocycles. The van der Waals surface area contributed by atoms with Crippen LogP contribution in [0.4, 0.5) is 16.2 Å². The van der Waals surface area contributed by atoms with Crippen LogP contribution in [0.2, 0.25) is 0 Å². The highest BCUT2D eigenvalue weighted by atomic mass is 16.2. The SMILES string of the molecule is CNC(=O)Nc1ccc(NC(=O)/C=C/c2ccc(C(=O)NC3CC3)cc2)cc1. The molecular weight excluding hydrogens is 356 g/mol. The van der Waals surface area contributed by atoms with Crippen LogP contribution < -0.4 is 21.3 Å². The number of urea groups is 1. The zero-order chi connectivity index (χ0) is 19.9. The van der Waals surface area contributed by atoms with Crippen LogP contribution in [0.3, 0.4) is 0 Å². The molecule has 0 unspecified atom stereocenters. The molecule has 1 aliphatic carbocycles. The highest BCUT2D eigenvalue weighted by Gasteiger charge is 2.23. The van der Waals surface area contributed by atoms with Gasteiger partial charge in [0.15, 0.2) is 0 Å². The number of carbonyl (C=O) groups excluding carboxylic acids is 3. The van der Waals surface area contributed by atoms with Gasteiger partial charge in [-0.25, -0.2) is 4.79 Å². The van der Waals surface area contributed by atoms with Gasteiger partial charge in [0.2, 0.25) is 5.91 Å². The monoisotopic (exact) mass is 378 g/mol. The van der Waals surface area contributed by atoms with Crippen molar-refractivity contribution in [1.29, 1.82) is 0 Å². The van der Waals surface area contributed by atoms with Crippen molar-refractivity contribution < 1.29 is 14.4 Å². The highest BCUT2D eigenvalue weighted by molar-refractivity contribution is 6.02. The van der Waals surface area contributed by atoms with E-state index in [2.05, 4.69) is 21.3 Å². The molecule has 3 rings (SSSR count). The van der Waals surface area contributed by atoms with Gasteiger partial charge in [0, 0.05) is 36.1 Å². The molecule has 28 heavy (non-hydrogen) atoms. The van der Waals surface area contributed by atoms with E-state index < -0.39 is 0 Å². The molecular formula is C21H22N4O3. The molecule has 4 amide bonds. The fourth-order valence-corrected chi connectivity index (χ4v) is 2.43. The summed E-state index contributed by atoms with van der Waals surface area (Å²) in [6.07, 6.45) is 5.21. The van der Waals surface area contributed by atoms with E-state index in [9.17, 15) is 14.4 Å². The second-order valence-corrected chi connectivity index (χ2v) is 6.47. The minimum atomic E-state index is -0.309. The normalized spacial score (nSPS) is 13.0. The summed E-state index contributed by atoms with van der Waals surface area (Å²) in [7, 11) is 1.53. The van der Waals surface area contributed by atoms with E-state index in [1.807, 2.05) is 0 Å². The molecule has 0 aliphatic heterocycles. The maximum atomic E-state index is 12.1. The van der Waals surface area contributed by atoms with Gasteiger partial charge in [-0.1, -0.05) is 12.1 Å². The van der Waals surface area contributed by atoms with Gasteiger partial charge in [-0.05, 0) is 60.9 Å². The Hall–Kier alpha value is -3.61. The smallest absolute Gasteiger partial charge is 0.318 e. The van der Waals surface area contributed by atoms with Gasteiger partial charge in [-0.2, -0.15) is 0 Å². The topological polar surface area (TPSA) is 99.3 Å². The molecule has 2 aromatic rings. The van der Waals surface area contributed by atoms with Crippen LogP contribution in [0, 0.1) is 0 Å². The van der Waals surface area contributed by atoms with Gasteiger partial charge in [0.05, 0.1) is 0 Å². The minimum Gasteiger partial charge on any atom is -0.349 e. The van der Waals surface area contributed by atoms with E-state index in [0.29, 0.717) is 23.0 Å². The summed E-state index contributed by atoms with van der Waals surface area (Å²) in [6, 6.07) is 13.9. The molecule has 0 bridgehead atoms. The lowest BCUT2D eigenvalue weighted by atomic mass is 10.1. The summed E-state index contributed by atoms with van der Waals surface area (Å²) in [5, 5.41) is 10.8. The van der Waals surface area contributed by atoms with E-state index in [1.165, 1.54) is 13.1 Å². The number of hydrogen-bond acceptors (Lipinski definition) is 3. The second kappa shape index (κ2) is 8.85. The first kappa shape index (κ1) is 19.2. The average Bonchev–Trinajstić information content (AvgIpc) is 3.52. The fraction of sp³-hybridized carbons (Fsp3) is 0.190. The van der Waals surface area contributed by atoms with E-state index >= 15 is 0 Å². The predicted octanol–water partition coefficient (Wildman–Crippen LogP) is 2.98. The molecule has 1 aliphatic rings. The van der Waals surface area contributed by atoms with E-state index in [0.717, 1.165) is 18.4 Å². The standard InChI is InChI=1S/C21H22N4O3/c1-22-21(28)25-18-11-7-16(8-12-18)23-19(26)13-4-14-2-5-15(6-3-14)20(27)24-17-9-10-17/h2-8,11-13,17H,9-10H2,1H3,(H,23,26)(H,24,27)(H2,22,25,28)/b13-4+. The van der Waals surface area contributed by atoms with E-state index in [1.54, 1.807) is 54.6 Å². The third-order valence-electron chi connectivity index (χ3n) is 4.15. The summed E-state index contributed by atoms with van der Waals surface area (Å²) in [5.41, 5.74) is 2.67. The van der Waals surface area contributed by atoms with Crippen LogP contribution in [0.25, 0.3) is 6.08 Å². The van der Waals surface area contributed by atoms with Crippen LogP contribution in [0.1, 0.15) is 28.8 Å². The summed E-state index contributed by atoms with van der Waals surface area (Å²) >= 11 is 0. The Morgan fingerprint density at radius 3 is 2.07 bits per heavy atom. The molecule has 144 valence electrons. The first-order valence-corrected chi connectivity index (χ1v) is 9.02. The summed E-state index contributed by atoms with van der Waals surface area (Å²) < 4.78 is 0. The van der Waals surface area contributed by atoms with Crippen LogP contribution in [0.5, 0.6) is 0 Å². The number of carbonyl (C=O) groups is 3. The van der Waals surface area contributed by atoms with E-state index in [4.69, 9.17) is 0 Å². The Kier molecular flexibility index (Phi) is 6.06. The van der Waals surface area contributed by atoms with Crippen molar-refractivity contribution in [2.75, 3.05) is 17.7 Å². The van der Waals surface area contributed by atoms with Gasteiger partial charge in [0.25, 0.3) is 5.91 Å². The average molecular weight is 378 g/mol. The fourth-order valence-electron chi connectivity index (χ4n) is 2.43. The number of benzene rings is 2. The van der Waals surface area contributed by atoms with Crippen LogP contribution in [0.15, 0.2) is 54.6 Å². The lowest BCUT2D eigenvalue weighted by Gasteiger charge is -2.06. The zero-order valence-electron chi connectivity index (χ0n) is 15.5. The lowest BCUT2D eigenvalue weighted by molar-refractivity contribution is -0.111. The van der Waals surface area contributed by atoms with Crippen molar-refractivity contribution in [3.63, 3.8) is 0 Å². The zero-order valence-corrected chi connectivity index (χ0v) is 15.5. The molecule has 4 N–H and O–H groups in total. The molecule has 1 saturated carbocycles. The third-order valence-corrected chi connectivity index (χ3v) is 4.15. The molecule has 0 spiro atoms. The van der Waals surface area contributed by atoms with E-state index in [-0.39, 0.29) is 17.8 Å². The number of rotatable bonds is 6. The quantitative estimate of drug-likeness (QED) is 0.582. The van der Waals surface area contributed by atoms with Gasteiger partial charge in [-0.3, -0.25) is 9.59 Å². The van der Waals surface area contributed by atoms with Crippen molar-refractivity contribution in [2.45, 2.75) is 18.9 Å². The highest BCUT2D eigenvalue weighted by Crippen LogP contribution is 2.19. The molecule has 0 heterocycles. The Labute approximate surface area is 163 Å². The molecule has 7 nitrogen and oxygen atoms in total. The van der Waals surface area contributed by atoms with Gasteiger partial charge in [0.1, 0.15) is 0 Å². The van der Waals surface area contributed by atoms with Crippen LogP contribution in [-0.4, -0.2) is 30.9 Å². The van der Waals surface area contributed by atoms with Crippen LogP contribution in [-0.2, 0) is 4.79 Å². The maximum Gasteiger partial charge on any atom is 0.318 e. The van der Waals surface area contributed by atoms with Crippen molar-refractivity contribution in [1.82, 2.24) is 10.6 Å². The minimum absolute atomic E-state index is 0.0647. The maximum absolute atomic E-state index is 12.1. The van der Waals surface area contributed by atoms with Gasteiger partial charge >= 0.3 is 6.03 Å². The van der Waals surface area contributed by atoms with Crippen molar-refractivity contribution in [3.05, 3.63) is 65.7 Å². The Morgan fingerprint density at radius 1 is 0.893 bits per heavy atom. The Morgan fingerprint density at radius 2 is 1.50 bits per heavy atom. The predicted molar refractivity (Wildman–Crippen MR) is 109 cm³/mol. The third kappa shape index (κ3) is 5.70. The largest absolute Gasteiger partial charge is 0.349 e.